The number of nitrogens with zero attached hydrogens (tertiary/aromatic N) is 2. The average Bonchev–Trinajstić information content (AvgIpc) is 3.37. The molecule has 2 aromatic carbocycles. The largest absolute Gasteiger partial charge is 0.497 e. The van der Waals surface area contributed by atoms with Crippen molar-refractivity contribution in [1.29, 1.82) is 0 Å². The molecule has 162 valence electrons. The van der Waals surface area contributed by atoms with E-state index in [1.165, 1.54) is 17.8 Å². The first-order valence-corrected chi connectivity index (χ1v) is 10.9. The van der Waals surface area contributed by atoms with Crippen LogP contribution in [-0.2, 0) is 11.2 Å². The minimum atomic E-state index is -0.453. The minimum absolute atomic E-state index is 0.0433. The topological polar surface area (TPSA) is 85.8 Å². The zero-order valence-electron chi connectivity index (χ0n) is 17.0. The summed E-state index contributed by atoms with van der Waals surface area (Å²) < 4.78 is 11.4. The highest BCUT2D eigenvalue weighted by molar-refractivity contribution is 8.26. The number of furan rings is 1. The fraction of sp³-hybridized carbons (Fsp3) is 0.130. The van der Waals surface area contributed by atoms with Crippen LogP contribution in [0.15, 0.2) is 70.0 Å². The van der Waals surface area contributed by atoms with E-state index in [0.717, 1.165) is 11.3 Å². The Morgan fingerprint density at radius 1 is 1.16 bits per heavy atom. The first kappa shape index (κ1) is 21.8. The monoisotopic (exact) mass is 466 g/mol. The number of hydrogen-bond acceptors (Lipinski definition) is 7. The Morgan fingerprint density at radius 3 is 2.62 bits per heavy atom. The van der Waals surface area contributed by atoms with Crippen LogP contribution in [0.1, 0.15) is 11.3 Å². The molecule has 4 rings (SSSR count). The zero-order chi connectivity index (χ0) is 22.7. The summed E-state index contributed by atoms with van der Waals surface area (Å²) in [6.07, 6.45) is 2.28. The van der Waals surface area contributed by atoms with E-state index < -0.39 is 4.92 Å². The van der Waals surface area contributed by atoms with Gasteiger partial charge in [0.25, 0.3) is 11.6 Å². The number of benzene rings is 2. The van der Waals surface area contributed by atoms with E-state index in [0.29, 0.717) is 39.3 Å². The lowest BCUT2D eigenvalue weighted by molar-refractivity contribution is -0.384. The van der Waals surface area contributed by atoms with Gasteiger partial charge >= 0.3 is 0 Å². The molecule has 2 heterocycles. The Hall–Kier alpha value is -3.43. The molecule has 1 aliphatic rings. The van der Waals surface area contributed by atoms with Crippen LogP contribution >= 0.6 is 24.0 Å². The Balaban J connectivity index is 1.48. The van der Waals surface area contributed by atoms with Gasteiger partial charge in [-0.05, 0) is 42.3 Å². The fourth-order valence-corrected chi connectivity index (χ4v) is 4.56. The van der Waals surface area contributed by atoms with E-state index in [2.05, 4.69) is 0 Å². The summed E-state index contributed by atoms with van der Waals surface area (Å²) in [6, 6.07) is 17.4. The summed E-state index contributed by atoms with van der Waals surface area (Å²) in [5, 5.41) is 11.3. The lowest BCUT2D eigenvalue weighted by Gasteiger charge is -2.14. The number of nitro groups is 1. The molecule has 9 heteroatoms. The normalized spacial score (nSPS) is 14.9. The van der Waals surface area contributed by atoms with Gasteiger partial charge in [-0.2, -0.15) is 0 Å². The van der Waals surface area contributed by atoms with Crippen molar-refractivity contribution in [2.75, 3.05) is 13.7 Å². The summed E-state index contributed by atoms with van der Waals surface area (Å²) in [7, 11) is 1.62. The second kappa shape index (κ2) is 9.37. The van der Waals surface area contributed by atoms with Gasteiger partial charge in [-0.15, -0.1) is 0 Å². The van der Waals surface area contributed by atoms with E-state index >= 15 is 0 Å². The molecule has 1 fully saturated rings. The van der Waals surface area contributed by atoms with Gasteiger partial charge in [0.1, 0.15) is 21.6 Å². The fourth-order valence-electron chi connectivity index (χ4n) is 3.27. The summed E-state index contributed by atoms with van der Waals surface area (Å²) in [5.74, 6) is 1.38. The molecular formula is C23H18N2O5S2. The van der Waals surface area contributed by atoms with Crippen LogP contribution in [0, 0.1) is 10.1 Å². The van der Waals surface area contributed by atoms with Gasteiger partial charge in [0.2, 0.25) is 0 Å². The second-order valence-corrected chi connectivity index (χ2v) is 8.58. The summed E-state index contributed by atoms with van der Waals surface area (Å²) in [5.41, 5.74) is 1.41. The smallest absolute Gasteiger partial charge is 0.280 e. The summed E-state index contributed by atoms with van der Waals surface area (Å²) in [4.78, 5) is 25.7. The number of thioether (sulfide) groups is 1. The molecule has 1 saturated heterocycles. The average molecular weight is 467 g/mol. The molecule has 0 radical (unpaired) electrons. The SMILES string of the molecule is COc1ccc(CCN2C(=O)C(=Cc3ccc(-c4ccccc4[N+](=O)[O-])o3)SC2=S)cc1. The molecule has 1 aliphatic heterocycles. The number of thiocarbonyl (C=S) groups is 1. The number of amides is 1. The summed E-state index contributed by atoms with van der Waals surface area (Å²) in [6.45, 7) is 0.466. The maximum Gasteiger partial charge on any atom is 0.280 e. The van der Waals surface area contributed by atoms with Gasteiger partial charge in [-0.1, -0.05) is 48.2 Å². The van der Waals surface area contributed by atoms with Crippen LogP contribution in [0.5, 0.6) is 5.75 Å². The molecule has 0 atom stereocenters. The van der Waals surface area contributed by atoms with Crippen LogP contribution < -0.4 is 4.74 Å². The van der Waals surface area contributed by atoms with Crippen molar-refractivity contribution in [3.8, 4) is 17.1 Å². The number of rotatable bonds is 7. The Bertz CT molecular complexity index is 1220. The van der Waals surface area contributed by atoms with E-state index in [1.807, 2.05) is 24.3 Å². The number of carbonyl (C=O) groups is 1. The summed E-state index contributed by atoms with van der Waals surface area (Å²) >= 11 is 6.61. The number of hydrogen-bond donors (Lipinski definition) is 0. The molecule has 0 saturated carbocycles. The van der Waals surface area contributed by atoms with Crippen LogP contribution in [0.2, 0.25) is 0 Å². The highest BCUT2D eigenvalue weighted by Crippen LogP contribution is 2.35. The molecule has 3 aromatic rings. The Morgan fingerprint density at radius 2 is 1.91 bits per heavy atom. The van der Waals surface area contributed by atoms with Gasteiger partial charge in [0.15, 0.2) is 0 Å². The molecule has 0 unspecified atom stereocenters. The highest BCUT2D eigenvalue weighted by Gasteiger charge is 2.32. The van der Waals surface area contributed by atoms with Crippen LogP contribution in [0.3, 0.4) is 0 Å². The van der Waals surface area contributed by atoms with Crippen LogP contribution in [-0.4, -0.2) is 33.7 Å². The zero-order valence-corrected chi connectivity index (χ0v) is 18.7. The lowest BCUT2D eigenvalue weighted by Crippen LogP contribution is -2.30. The molecule has 0 spiro atoms. The van der Waals surface area contributed by atoms with E-state index in [1.54, 1.807) is 48.4 Å². The number of methoxy groups -OCH3 is 1. The molecule has 7 nitrogen and oxygen atoms in total. The number of para-hydroxylation sites is 1. The Labute approximate surface area is 193 Å². The van der Waals surface area contributed by atoms with Crippen molar-refractivity contribution in [3.63, 3.8) is 0 Å². The van der Waals surface area contributed by atoms with Crippen LogP contribution in [0.4, 0.5) is 5.69 Å². The van der Waals surface area contributed by atoms with E-state index in [9.17, 15) is 14.9 Å². The van der Waals surface area contributed by atoms with E-state index in [-0.39, 0.29) is 11.6 Å². The third-order valence-corrected chi connectivity index (χ3v) is 6.30. The first-order valence-electron chi connectivity index (χ1n) is 9.68. The van der Waals surface area contributed by atoms with Gasteiger partial charge < -0.3 is 9.15 Å². The van der Waals surface area contributed by atoms with Crippen molar-refractivity contribution in [1.82, 2.24) is 4.90 Å². The third-order valence-electron chi connectivity index (χ3n) is 4.92. The number of ether oxygens (including phenoxy) is 1. The third kappa shape index (κ3) is 4.58. The number of carbonyl (C=O) groups excluding carboxylic acids is 1. The maximum absolute atomic E-state index is 12.9. The van der Waals surface area contributed by atoms with Crippen molar-refractivity contribution in [2.45, 2.75) is 6.42 Å². The second-order valence-electron chi connectivity index (χ2n) is 6.91. The standard InChI is InChI=1S/C23H18N2O5S2/c1-29-16-8-6-15(7-9-16)12-13-24-22(26)21(32-23(24)31)14-17-10-11-20(30-17)18-4-2-3-5-19(18)25(27)28/h2-11,14H,12-13H2,1H3. The molecule has 0 aliphatic carbocycles. The highest BCUT2D eigenvalue weighted by atomic mass is 32.2. The van der Waals surface area contributed by atoms with Gasteiger partial charge in [-0.3, -0.25) is 19.8 Å². The van der Waals surface area contributed by atoms with Gasteiger partial charge in [0, 0.05) is 18.7 Å². The molecule has 32 heavy (non-hydrogen) atoms. The predicted molar refractivity (Wildman–Crippen MR) is 127 cm³/mol. The minimum Gasteiger partial charge on any atom is -0.497 e. The number of nitro benzene ring substituents is 1. The van der Waals surface area contributed by atoms with Gasteiger partial charge in [-0.25, -0.2) is 0 Å². The van der Waals surface area contributed by atoms with Gasteiger partial charge in [0.05, 0.1) is 22.5 Å². The van der Waals surface area contributed by atoms with Crippen molar-refractivity contribution in [2.24, 2.45) is 0 Å². The lowest BCUT2D eigenvalue weighted by atomic mass is 10.1. The van der Waals surface area contributed by atoms with Crippen molar-refractivity contribution >= 4 is 46.0 Å². The first-order chi connectivity index (χ1) is 15.5. The molecule has 1 aromatic heterocycles. The van der Waals surface area contributed by atoms with E-state index in [4.69, 9.17) is 21.4 Å². The maximum atomic E-state index is 12.9. The molecule has 0 bridgehead atoms. The molecular weight excluding hydrogens is 448 g/mol. The quantitative estimate of drug-likeness (QED) is 0.202. The van der Waals surface area contributed by atoms with Crippen molar-refractivity contribution < 1.29 is 18.9 Å². The van der Waals surface area contributed by atoms with Crippen LogP contribution in [0.25, 0.3) is 17.4 Å². The molecule has 1 amide bonds. The predicted octanol–water partition coefficient (Wildman–Crippen LogP) is 5.31. The molecule has 0 N–H and O–H groups in total. The Kier molecular flexibility index (Phi) is 6.38. The van der Waals surface area contributed by atoms with Crippen molar-refractivity contribution in [3.05, 3.63) is 87.0 Å².